The van der Waals surface area contributed by atoms with Crippen LogP contribution in [0, 0.1) is 0 Å². The number of halogens is 1. The molecule has 1 saturated carbocycles. The predicted octanol–water partition coefficient (Wildman–Crippen LogP) is 2.64. The van der Waals surface area contributed by atoms with E-state index in [2.05, 4.69) is 0 Å². The van der Waals surface area contributed by atoms with Crippen molar-refractivity contribution in [3.05, 3.63) is 23.2 Å². The predicted molar refractivity (Wildman–Crippen MR) is 65.3 cm³/mol. The van der Waals surface area contributed by atoms with E-state index in [0.717, 1.165) is 25.7 Å². The van der Waals surface area contributed by atoms with E-state index in [-0.39, 0.29) is 15.2 Å². The van der Waals surface area contributed by atoms with Crippen molar-refractivity contribution in [3.63, 3.8) is 0 Å². The highest BCUT2D eigenvalue weighted by atomic mass is 35.5. The highest BCUT2D eigenvalue weighted by Gasteiger charge is 2.31. The summed E-state index contributed by atoms with van der Waals surface area (Å²) in [6.07, 6.45) is 3.41. The molecule has 0 aromatic heterocycles. The lowest BCUT2D eigenvalue weighted by molar-refractivity contribution is 0.580. The van der Waals surface area contributed by atoms with Gasteiger partial charge in [0.15, 0.2) is 9.84 Å². The fourth-order valence-corrected chi connectivity index (χ4v) is 4.51. The van der Waals surface area contributed by atoms with E-state index in [1.165, 1.54) is 6.07 Å². The zero-order chi connectivity index (χ0) is 11.8. The number of hydrogen-bond acceptors (Lipinski definition) is 3. The number of nitrogens with two attached hydrogens (primary N) is 1. The van der Waals surface area contributed by atoms with Gasteiger partial charge in [0.25, 0.3) is 0 Å². The Morgan fingerprint density at radius 3 is 2.50 bits per heavy atom. The molecule has 16 heavy (non-hydrogen) atoms. The van der Waals surface area contributed by atoms with Gasteiger partial charge in [0.05, 0.1) is 15.2 Å². The van der Waals surface area contributed by atoms with Gasteiger partial charge in [-0.2, -0.15) is 0 Å². The average Bonchev–Trinajstić information content (AvgIpc) is 2.75. The first kappa shape index (κ1) is 11.7. The molecule has 0 aliphatic heterocycles. The molecule has 1 fully saturated rings. The van der Waals surface area contributed by atoms with Crippen LogP contribution in [0.4, 0.5) is 5.69 Å². The first-order chi connectivity index (χ1) is 7.51. The van der Waals surface area contributed by atoms with Crippen LogP contribution in [0.2, 0.25) is 5.02 Å². The van der Waals surface area contributed by atoms with Crippen molar-refractivity contribution in [2.75, 3.05) is 5.73 Å². The molecule has 5 heteroatoms. The highest BCUT2D eigenvalue weighted by molar-refractivity contribution is 7.92. The van der Waals surface area contributed by atoms with Crippen LogP contribution in [0.15, 0.2) is 23.1 Å². The van der Waals surface area contributed by atoms with Gasteiger partial charge in [0, 0.05) is 5.69 Å². The summed E-state index contributed by atoms with van der Waals surface area (Å²) in [5, 5.41) is -0.0205. The van der Waals surface area contributed by atoms with Gasteiger partial charge in [-0.05, 0) is 31.0 Å². The third-order valence-corrected chi connectivity index (χ3v) is 5.74. The van der Waals surface area contributed by atoms with Crippen LogP contribution in [-0.2, 0) is 9.84 Å². The van der Waals surface area contributed by atoms with Crippen molar-refractivity contribution >= 4 is 27.1 Å². The molecule has 1 aromatic carbocycles. The molecule has 3 nitrogen and oxygen atoms in total. The van der Waals surface area contributed by atoms with Gasteiger partial charge in [0.1, 0.15) is 0 Å². The fraction of sp³-hybridized carbons (Fsp3) is 0.455. The minimum atomic E-state index is -3.30. The average molecular weight is 260 g/mol. The van der Waals surface area contributed by atoms with E-state index in [1.54, 1.807) is 12.1 Å². The van der Waals surface area contributed by atoms with Crippen molar-refractivity contribution in [3.8, 4) is 0 Å². The molecule has 1 aromatic rings. The normalized spacial score (nSPS) is 17.8. The summed E-state index contributed by atoms with van der Waals surface area (Å²) in [5.74, 6) is 0. The quantitative estimate of drug-likeness (QED) is 0.831. The molecule has 1 aliphatic rings. The highest BCUT2D eigenvalue weighted by Crippen LogP contribution is 2.33. The topological polar surface area (TPSA) is 60.2 Å². The Morgan fingerprint density at radius 1 is 1.25 bits per heavy atom. The maximum absolute atomic E-state index is 12.3. The minimum Gasteiger partial charge on any atom is -0.399 e. The van der Waals surface area contributed by atoms with Crippen molar-refractivity contribution in [2.24, 2.45) is 0 Å². The number of sulfone groups is 1. The first-order valence-corrected chi connectivity index (χ1v) is 7.23. The summed E-state index contributed by atoms with van der Waals surface area (Å²) in [6.45, 7) is 0. The van der Waals surface area contributed by atoms with E-state index in [1.807, 2.05) is 0 Å². The summed E-state index contributed by atoms with van der Waals surface area (Å²) >= 11 is 5.92. The Hall–Kier alpha value is -0.740. The van der Waals surface area contributed by atoms with Crippen LogP contribution >= 0.6 is 11.6 Å². The summed E-state index contributed by atoms with van der Waals surface area (Å²) < 4.78 is 24.5. The fourth-order valence-electron chi connectivity index (χ4n) is 2.12. The summed E-state index contributed by atoms with van der Waals surface area (Å²) in [4.78, 5) is 0.182. The molecular formula is C11H14ClNO2S. The van der Waals surface area contributed by atoms with Crippen LogP contribution in [0.5, 0.6) is 0 Å². The standard InChI is InChI=1S/C11H14ClNO2S/c12-10-6-5-8(13)7-11(10)16(14,15)9-3-1-2-4-9/h5-7,9H,1-4,13H2. The summed E-state index contributed by atoms with van der Waals surface area (Å²) in [5.41, 5.74) is 6.03. The van der Waals surface area contributed by atoms with Gasteiger partial charge in [-0.25, -0.2) is 8.42 Å². The molecule has 0 atom stereocenters. The van der Waals surface area contributed by atoms with E-state index in [4.69, 9.17) is 17.3 Å². The molecule has 88 valence electrons. The zero-order valence-corrected chi connectivity index (χ0v) is 10.4. The molecule has 0 bridgehead atoms. The van der Waals surface area contributed by atoms with Crippen molar-refractivity contribution < 1.29 is 8.42 Å². The van der Waals surface area contributed by atoms with Gasteiger partial charge in [-0.1, -0.05) is 24.4 Å². The van der Waals surface area contributed by atoms with Gasteiger partial charge in [0.2, 0.25) is 0 Å². The second-order valence-corrected chi connectivity index (χ2v) is 6.75. The van der Waals surface area contributed by atoms with Gasteiger partial charge in [-0.15, -0.1) is 0 Å². The molecular weight excluding hydrogens is 246 g/mol. The Kier molecular flexibility index (Phi) is 3.13. The van der Waals surface area contributed by atoms with Crippen molar-refractivity contribution in [1.29, 1.82) is 0 Å². The molecule has 0 amide bonds. The smallest absolute Gasteiger partial charge is 0.182 e. The third kappa shape index (κ3) is 2.04. The van der Waals surface area contributed by atoms with Crippen LogP contribution in [0.3, 0.4) is 0 Å². The molecule has 0 saturated heterocycles. The summed E-state index contributed by atoms with van der Waals surface area (Å²) in [7, 11) is -3.30. The van der Waals surface area contributed by atoms with E-state index < -0.39 is 9.84 Å². The second kappa shape index (κ2) is 4.26. The Bertz CT molecular complexity index is 493. The van der Waals surface area contributed by atoms with Gasteiger partial charge >= 0.3 is 0 Å². The number of hydrogen-bond donors (Lipinski definition) is 1. The lowest BCUT2D eigenvalue weighted by atomic mass is 10.3. The van der Waals surface area contributed by atoms with Gasteiger partial charge in [-0.3, -0.25) is 0 Å². The zero-order valence-electron chi connectivity index (χ0n) is 8.82. The van der Waals surface area contributed by atoms with Crippen molar-refractivity contribution in [2.45, 2.75) is 35.8 Å². The summed E-state index contributed by atoms with van der Waals surface area (Å²) in [6, 6.07) is 4.60. The molecule has 1 aliphatic carbocycles. The monoisotopic (exact) mass is 259 g/mol. The Balaban J connectivity index is 2.46. The number of benzene rings is 1. The van der Waals surface area contributed by atoms with Crippen LogP contribution in [0.1, 0.15) is 25.7 Å². The maximum Gasteiger partial charge on any atom is 0.182 e. The third-order valence-electron chi connectivity index (χ3n) is 3.00. The molecule has 0 heterocycles. The number of nitrogen functional groups attached to an aromatic ring is 1. The molecule has 0 spiro atoms. The number of anilines is 1. The maximum atomic E-state index is 12.3. The lowest BCUT2D eigenvalue weighted by Gasteiger charge is -2.12. The first-order valence-electron chi connectivity index (χ1n) is 5.31. The largest absolute Gasteiger partial charge is 0.399 e. The lowest BCUT2D eigenvalue weighted by Crippen LogP contribution is -2.18. The van der Waals surface area contributed by atoms with E-state index in [0.29, 0.717) is 5.69 Å². The van der Waals surface area contributed by atoms with E-state index >= 15 is 0 Å². The second-order valence-electron chi connectivity index (χ2n) is 4.14. The van der Waals surface area contributed by atoms with Crippen LogP contribution in [-0.4, -0.2) is 13.7 Å². The SMILES string of the molecule is Nc1ccc(Cl)c(S(=O)(=O)C2CCCC2)c1. The Morgan fingerprint density at radius 2 is 1.88 bits per heavy atom. The van der Waals surface area contributed by atoms with Gasteiger partial charge < -0.3 is 5.73 Å². The van der Waals surface area contributed by atoms with E-state index in [9.17, 15) is 8.42 Å². The Labute approximate surface area is 101 Å². The van der Waals surface area contributed by atoms with Crippen LogP contribution in [0.25, 0.3) is 0 Å². The number of rotatable bonds is 2. The molecule has 2 rings (SSSR count). The molecule has 2 N–H and O–H groups in total. The van der Waals surface area contributed by atoms with Crippen molar-refractivity contribution in [1.82, 2.24) is 0 Å². The molecule has 0 radical (unpaired) electrons. The van der Waals surface area contributed by atoms with Crippen LogP contribution < -0.4 is 5.73 Å². The molecule has 0 unspecified atom stereocenters. The minimum absolute atomic E-state index is 0.182.